The molecule has 1 heterocycles. The van der Waals surface area contributed by atoms with E-state index in [9.17, 15) is 14.0 Å². The van der Waals surface area contributed by atoms with E-state index in [1.54, 1.807) is 13.0 Å². The van der Waals surface area contributed by atoms with E-state index in [1.165, 1.54) is 12.1 Å². The molecule has 1 aliphatic rings. The number of imide groups is 1. The summed E-state index contributed by atoms with van der Waals surface area (Å²) < 4.78 is 13.1. The zero-order valence-electron chi connectivity index (χ0n) is 9.79. The van der Waals surface area contributed by atoms with Crippen LogP contribution in [0.3, 0.4) is 0 Å². The number of hydrogen-bond acceptors (Lipinski definition) is 3. The number of benzene rings is 1. The van der Waals surface area contributed by atoms with Crippen molar-refractivity contribution in [3.05, 3.63) is 29.6 Å². The minimum Gasteiger partial charge on any atom is -0.505 e. The molecular weight excluding hydrogens is 239 g/mol. The van der Waals surface area contributed by atoms with E-state index < -0.39 is 23.1 Å². The second-order valence-corrected chi connectivity index (χ2v) is 4.53. The maximum Gasteiger partial charge on any atom is 0.322 e. The number of urea groups is 1. The molecule has 1 unspecified atom stereocenters. The van der Waals surface area contributed by atoms with Crippen molar-refractivity contribution in [3.63, 3.8) is 0 Å². The number of phenols is 1. The first-order valence-corrected chi connectivity index (χ1v) is 5.52. The molecule has 0 bridgehead atoms. The molecule has 18 heavy (non-hydrogen) atoms. The van der Waals surface area contributed by atoms with Gasteiger partial charge in [0.15, 0.2) is 11.6 Å². The first-order valence-electron chi connectivity index (χ1n) is 5.52. The Labute approximate surface area is 103 Å². The van der Waals surface area contributed by atoms with E-state index >= 15 is 0 Å². The van der Waals surface area contributed by atoms with Gasteiger partial charge >= 0.3 is 6.03 Å². The number of carbonyl (C=O) groups is 2. The minimum absolute atomic E-state index is 0.356. The summed E-state index contributed by atoms with van der Waals surface area (Å²) in [7, 11) is 0. The lowest BCUT2D eigenvalue weighted by molar-refractivity contribution is -0.123. The Balaban J connectivity index is 2.05. The van der Waals surface area contributed by atoms with E-state index in [0.29, 0.717) is 18.4 Å². The van der Waals surface area contributed by atoms with Crippen molar-refractivity contribution in [1.82, 2.24) is 10.6 Å². The number of aryl methyl sites for hydroxylation is 1. The van der Waals surface area contributed by atoms with E-state index in [4.69, 9.17) is 5.11 Å². The normalized spacial score (nSPS) is 22.8. The minimum atomic E-state index is -0.967. The third-order valence-electron chi connectivity index (χ3n) is 3.04. The van der Waals surface area contributed by atoms with Crippen molar-refractivity contribution < 1.29 is 19.1 Å². The zero-order valence-corrected chi connectivity index (χ0v) is 9.79. The lowest BCUT2D eigenvalue weighted by Crippen LogP contribution is -2.43. The molecule has 0 spiro atoms. The van der Waals surface area contributed by atoms with Crippen molar-refractivity contribution in [2.24, 2.45) is 0 Å². The summed E-state index contributed by atoms with van der Waals surface area (Å²) in [5.74, 6) is -1.49. The van der Waals surface area contributed by atoms with E-state index in [1.807, 2.05) is 0 Å². The summed E-state index contributed by atoms with van der Waals surface area (Å²) in [5, 5.41) is 13.7. The number of amides is 3. The maximum absolute atomic E-state index is 13.1. The molecule has 1 fully saturated rings. The van der Waals surface area contributed by atoms with Crippen LogP contribution in [0.4, 0.5) is 9.18 Å². The van der Waals surface area contributed by atoms with Gasteiger partial charge in [-0.15, -0.1) is 0 Å². The van der Waals surface area contributed by atoms with Gasteiger partial charge in [0.2, 0.25) is 0 Å². The summed E-state index contributed by atoms with van der Waals surface area (Å²) in [5.41, 5.74) is -0.314. The van der Waals surface area contributed by atoms with Gasteiger partial charge in [-0.2, -0.15) is 0 Å². The van der Waals surface area contributed by atoms with Gasteiger partial charge in [-0.25, -0.2) is 9.18 Å². The molecule has 0 aromatic heterocycles. The second-order valence-electron chi connectivity index (χ2n) is 4.53. The monoisotopic (exact) mass is 252 g/mol. The van der Waals surface area contributed by atoms with Gasteiger partial charge in [0, 0.05) is 0 Å². The first-order chi connectivity index (χ1) is 8.40. The predicted molar refractivity (Wildman–Crippen MR) is 61.5 cm³/mol. The zero-order chi connectivity index (χ0) is 13.3. The molecular formula is C12H13FN2O3. The Bertz CT molecular complexity index is 518. The molecule has 1 aromatic carbocycles. The van der Waals surface area contributed by atoms with Crippen LogP contribution in [-0.4, -0.2) is 22.6 Å². The summed E-state index contributed by atoms with van der Waals surface area (Å²) in [6.07, 6.45) is 0.774. The van der Waals surface area contributed by atoms with E-state index in [2.05, 4.69) is 10.6 Å². The Hall–Kier alpha value is -2.11. The average Bonchev–Trinajstić information content (AvgIpc) is 2.55. The number of nitrogens with one attached hydrogen (secondary N) is 2. The molecule has 6 heteroatoms. The van der Waals surface area contributed by atoms with Crippen LogP contribution in [0.5, 0.6) is 5.75 Å². The summed E-state index contributed by atoms with van der Waals surface area (Å²) in [6, 6.07) is 3.55. The molecule has 0 saturated carbocycles. The van der Waals surface area contributed by atoms with Crippen LogP contribution >= 0.6 is 0 Å². The Morgan fingerprint density at radius 2 is 2.11 bits per heavy atom. The van der Waals surface area contributed by atoms with Crippen LogP contribution in [0.25, 0.3) is 0 Å². The molecule has 2 rings (SSSR count). The highest BCUT2D eigenvalue weighted by Crippen LogP contribution is 2.21. The fourth-order valence-corrected chi connectivity index (χ4v) is 1.86. The van der Waals surface area contributed by atoms with Crippen molar-refractivity contribution >= 4 is 11.9 Å². The SMILES string of the molecule is CC1(CCc2ccc(O)c(F)c2)NC(=O)NC1=O. The van der Waals surface area contributed by atoms with Crippen LogP contribution in [0.1, 0.15) is 18.9 Å². The quantitative estimate of drug-likeness (QED) is 0.704. The van der Waals surface area contributed by atoms with Crippen LogP contribution in [0.2, 0.25) is 0 Å². The maximum atomic E-state index is 13.1. The Morgan fingerprint density at radius 3 is 2.67 bits per heavy atom. The van der Waals surface area contributed by atoms with Crippen LogP contribution in [0.15, 0.2) is 18.2 Å². The van der Waals surface area contributed by atoms with Crippen molar-refractivity contribution in [2.45, 2.75) is 25.3 Å². The fraction of sp³-hybridized carbons (Fsp3) is 0.333. The summed E-state index contributed by atoms with van der Waals surface area (Å²) in [4.78, 5) is 22.6. The molecule has 1 aromatic rings. The summed E-state index contributed by atoms with van der Waals surface area (Å²) in [6.45, 7) is 1.62. The van der Waals surface area contributed by atoms with Gasteiger partial charge in [-0.05, 0) is 37.5 Å². The molecule has 0 radical (unpaired) electrons. The lowest BCUT2D eigenvalue weighted by Gasteiger charge is -2.20. The molecule has 1 aliphatic heterocycles. The highest BCUT2D eigenvalue weighted by molar-refractivity contribution is 6.06. The molecule has 1 atom stereocenters. The number of aromatic hydroxyl groups is 1. The molecule has 3 N–H and O–H groups in total. The Morgan fingerprint density at radius 1 is 1.39 bits per heavy atom. The Kier molecular flexibility index (Phi) is 2.94. The second kappa shape index (κ2) is 4.29. The molecule has 3 amide bonds. The molecule has 1 saturated heterocycles. The van der Waals surface area contributed by atoms with Crippen LogP contribution in [0, 0.1) is 5.82 Å². The fourth-order valence-electron chi connectivity index (χ4n) is 1.86. The van der Waals surface area contributed by atoms with Crippen molar-refractivity contribution in [1.29, 1.82) is 0 Å². The highest BCUT2D eigenvalue weighted by atomic mass is 19.1. The van der Waals surface area contributed by atoms with E-state index in [0.717, 1.165) is 0 Å². The first kappa shape index (κ1) is 12.3. The third-order valence-corrected chi connectivity index (χ3v) is 3.04. The predicted octanol–water partition coefficient (Wildman–Crippen LogP) is 1.06. The summed E-state index contributed by atoms with van der Waals surface area (Å²) >= 11 is 0. The molecule has 96 valence electrons. The largest absolute Gasteiger partial charge is 0.505 e. The lowest BCUT2D eigenvalue weighted by atomic mass is 9.93. The van der Waals surface area contributed by atoms with Gasteiger partial charge in [-0.1, -0.05) is 6.07 Å². The smallest absolute Gasteiger partial charge is 0.322 e. The van der Waals surface area contributed by atoms with Gasteiger partial charge in [0.05, 0.1) is 0 Å². The molecule has 5 nitrogen and oxygen atoms in total. The highest BCUT2D eigenvalue weighted by Gasteiger charge is 2.41. The topological polar surface area (TPSA) is 78.4 Å². The van der Waals surface area contributed by atoms with Crippen molar-refractivity contribution in [3.8, 4) is 5.75 Å². The van der Waals surface area contributed by atoms with Gasteiger partial charge in [0.1, 0.15) is 5.54 Å². The van der Waals surface area contributed by atoms with Crippen molar-refractivity contribution in [2.75, 3.05) is 0 Å². The van der Waals surface area contributed by atoms with Gasteiger partial charge in [-0.3, -0.25) is 10.1 Å². The third kappa shape index (κ3) is 2.27. The number of phenolic OH excluding ortho intramolecular Hbond substituents is 1. The van der Waals surface area contributed by atoms with Crippen LogP contribution < -0.4 is 10.6 Å². The molecule has 0 aliphatic carbocycles. The van der Waals surface area contributed by atoms with E-state index in [-0.39, 0.29) is 5.91 Å². The number of halogens is 1. The number of hydrogen-bond donors (Lipinski definition) is 3. The number of rotatable bonds is 3. The average molecular weight is 252 g/mol. The standard InChI is InChI=1S/C12H13FN2O3/c1-12(10(17)14-11(18)15-12)5-4-7-2-3-9(16)8(13)6-7/h2-3,6,16H,4-5H2,1H3,(H2,14,15,17,18). The number of carbonyl (C=O) groups excluding carboxylic acids is 2. The van der Waals surface area contributed by atoms with Crippen LogP contribution in [-0.2, 0) is 11.2 Å². The van der Waals surface area contributed by atoms with Gasteiger partial charge < -0.3 is 10.4 Å². The van der Waals surface area contributed by atoms with Gasteiger partial charge in [0.25, 0.3) is 5.91 Å².